The molecule has 0 bridgehead atoms. The molecule has 0 fully saturated rings. The Balaban J connectivity index is 2.32. The summed E-state index contributed by atoms with van der Waals surface area (Å²) in [5.74, 6) is 0.696. The van der Waals surface area contributed by atoms with Crippen LogP contribution in [0.3, 0.4) is 0 Å². The van der Waals surface area contributed by atoms with E-state index in [0.29, 0.717) is 5.92 Å². The lowest BCUT2D eigenvalue weighted by atomic mass is 10.1. The van der Waals surface area contributed by atoms with Gasteiger partial charge in [-0.2, -0.15) is 0 Å². The Hall–Kier alpha value is 0.100. The molecule has 0 aliphatic rings. The van der Waals surface area contributed by atoms with E-state index < -0.39 is 0 Å². The summed E-state index contributed by atoms with van der Waals surface area (Å²) in [4.78, 5) is 2.37. The molecular weight excluding hydrogens is 272 g/mol. The molecular formula is C11H19BrN2S. The fourth-order valence-corrected chi connectivity index (χ4v) is 2.95. The normalized spacial score (nSPS) is 13.4. The highest BCUT2D eigenvalue weighted by atomic mass is 79.9. The van der Waals surface area contributed by atoms with E-state index in [0.717, 1.165) is 19.6 Å². The molecule has 1 heterocycles. The zero-order chi connectivity index (χ0) is 11.3. The quantitative estimate of drug-likeness (QED) is 0.867. The number of hydrogen-bond acceptors (Lipinski definition) is 3. The first-order chi connectivity index (χ1) is 7.11. The highest BCUT2D eigenvalue weighted by Crippen LogP contribution is 2.21. The number of hydrogen-bond donors (Lipinski definition) is 1. The van der Waals surface area contributed by atoms with Gasteiger partial charge in [0.15, 0.2) is 0 Å². The lowest BCUT2D eigenvalue weighted by Gasteiger charge is -2.20. The van der Waals surface area contributed by atoms with Crippen LogP contribution >= 0.6 is 27.3 Å². The third-order valence-electron chi connectivity index (χ3n) is 2.25. The summed E-state index contributed by atoms with van der Waals surface area (Å²) in [5, 5.41) is 5.42. The first-order valence-corrected chi connectivity index (χ1v) is 6.85. The van der Waals surface area contributed by atoms with Gasteiger partial charge in [0.2, 0.25) is 0 Å². The highest BCUT2D eigenvalue weighted by Gasteiger charge is 2.07. The molecule has 1 aromatic rings. The van der Waals surface area contributed by atoms with E-state index in [1.54, 1.807) is 11.3 Å². The topological polar surface area (TPSA) is 15.3 Å². The predicted molar refractivity (Wildman–Crippen MR) is 71.4 cm³/mol. The van der Waals surface area contributed by atoms with E-state index in [4.69, 9.17) is 0 Å². The number of rotatable bonds is 6. The van der Waals surface area contributed by atoms with E-state index in [2.05, 4.69) is 51.6 Å². The van der Waals surface area contributed by atoms with Gasteiger partial charge in [-0.15, -0.1) is 11.3 Å². The van der Waals surface area contributed by atoms with E-state index in [1.807, 2.05) is 7.05 Å². The monoisotopic (exact) mass is 290 g/mol. The molecule has 0 saturated carbocycles. The standard InChI is InChI=1S/C11H19BrN2S/c1-9(5-13-2)6-14(3)7-10-4-11(12)15-8-10/h4,8-9,13H,5-7H2,1-3H3. The minimum atomic E-state index is 0.696. The summed E-state index contributed by atoms with van der Waals surface area (Å²) in [6.07, 6.45) is 0. The Morgan fingerprint density at radius 1 is 1.60 bits per heavy atom. The van der Waals surface area contributed by atoms with Gasteiger partial charge in [-0.05, 0) is 59.5 Å². The average molecular weight is 291 g/mol. The molecule has 0 aromatic carbocycles. The van der Waals surface area contributed by atoms with Gasteiger partial charge in [-0.1, -0.05) is 6.92 Å². The van der Waals surface area contributed by atoms with Gasteiger partial charge in [-0.25, -0.2) is 0 Å². The fraction of sp³-hybridized carbons (Fsp3) is 0.636. The van der Waals surface area contributed by atoms with Crippen molar-refractivity contribution in [3.8, 4) is 0 Å². The van der Waals surface area contributed by atoms with Crippen molar-refractivity contribution in [2.24, 2.45) is 5.92 Å². The molecule has 1 atom stereocenters. The molecule has 0 aliphatic carbocycles. The van der Waals surface area contributed by atoms with Crippen LogP contribution in [-0.4, -0.2) is 32.1 Å². The molecule has 1 aromatic heterocycles. The third kappa shape index (κ3) is 5.11. The van der Waals surface area contributed by atoms with Gasteiger partial charge in [0.1, 0.15) is 0 Å². The smallest absolute Gasteiger partial charge is 0.0701 e. The SMILES string of the molecule is CNCC(C)CN(C)Cc1csc(Br)c1. The Morgan fingerprint density at radius 3 is 2.87 bits per heavy atom. The van der Waals surface area contributed by atoms with Gasteiger partial charge in [-0.3, -0.25) is 0 Å². The third-order valence-corrected chi connectivity index (χ3v) is 3.80. The summed E-state index contributed by atoms with van der Waals surface area (Å²) in [6.45, 7) is 5.53. The van der Waals surface area contributed by atoms with Crippen molar-refractivity contribution >= 4 is 27.3 Å². The summed E-state index contributed by atoms with van der Waals surface area (Å²) in [5.41, 5.74) is 1.39. The number of halogens is 1. The Kier molecular flexibility index (Phi) is 5.82. The number of nitrogens with zero attached hydrogens (tertiary/aromatic N) is 1. The molecule has 0 aliphatic heterocycles. The minimum Gasteiger partial charge on any atom is -0.319 e. The van der Waals surface area contributed by atoms with Crippen LogP contribution in [0.2, 0.25) is 0 Å². The van der Waals surface area contributed by atoms with Gasteiger partial charge in [0.25, 0.3) is 0 Å². The number of nitrogens with one attached hydrogen (secondary N) is 1. The van der Waals surface area contributed by atoms with E-state index in [-0.39, 0.29) is 0 Å². The molecule has 0 spiro atoms. The molecule has 1 rings (SSSR count). The first kappa shape index (κ1) is 13.2. The van der Waals surface area contributed by atoms with Crippen LogP contribution in [-0.2, 0) is 6.54 Å². The highest BCUT2D eigenvalue weighted by molar-refractivity contribution is 9.11. The maximum absolute atomic E-state index is 3.49. The van der Waals surface area contributed by atoms with Crippen molar-refractivity contribution in [1.29, 1.82) is 0 Å². The zero-order valence-electron chi connectivity index (χ0n) is 9.59. The first-order valence-electron chi connectivity index (χ1n) is 5.18. The van der Waals surface area contributed by atoms with Gasteiger partial charge in [0, 0.05) is 13.1 Å². The van der Waals surface area contributed by atoms with Crippen LogP contribution in [0.5, 0.6) is 0 Å². The molecule has 15 heavy (non-hydrogen) atoms. The summed E-state index contributed by atoms with van der Waals surface area (Å²) >= 11 is 5.24. The lowest BCUT2D eigenvalue weighted by Crippen LogP contribution is -2.29. The summed E-state index contributed by atoms with van der Waals surface area (Å²) in [6, 6.07) is 2.20. The predicted octanol–water partition coefficient (Wildman–Crippen LogP) is 2.80. The van der Waals surface area contributed by atoms with Crippen molar-refractivity contribution in [3.05, 3.63) is 20.8 Å². The zero-order valence-corrected chi connectivity index (χ0v) is 12.0. The molecule has 1 unspecified atom stereocenters. The molecule has 0 amide bonds. The molecule has 0 radical (unpaired) electrons. The van der Waals surface area contributed by atoms with Gasteiger partial charge in [0.05, 0.1) is 3.79 Å². The van der Waals surface area contributed by atoms with Crippen LogP contribution in [0.4, 0.5) is 0 Å². The van der Waals surface area contributed by atoms with Crippen LogP contribution in [0.25, 0.3) is 0 Å². The van der Waals surface area contributed by atoms with Crippen LogP contribution < -0.4 is 5.32 Å². The second kappa shape index (κ2) is 6.63. The second-order valence-corrected chi connectivity index (χ2v) is 6.41. The summed E-state index contributed by atoms with van der Waals surface area (Å²) < 4.78 is 1.22. The van der Waals surface area contributed by atoms with Crippen LogP contribution in [0, 0.1) is 5.92 Å². The van der Waals surface area contributed by atoms with E-state index in [1.165, 1.54) is 9.35 Å². The molecule has 0 saturated heterocycles. The van der Waals surface area contributed by atoms with E-state index >= 15 is 0 Å². The molecule has 2 nitrogen and oxygen atoms in total. The van der Waals surface area contributed by atoms with Crippen molar-refractivity contribution in [1.82, 2.24) is 10.2 Å². The molecule has 4 heteroatoms. The van der Waals surface area contributed by atoms with Gasteiger partial charge >= 0.3 is 0 Å². The largest absolute Gasteiger partial charge is 0.319 e. The van der Waals surface area contributed by atoms with Crippen molar-refractivity contribution in [2.75, 3.05) is 27.2 Å². The van der Waals surface area contributed by atoms with E-state index in [9.17, 15) is 0 Å². The molecule has 86 valence electrons. The fourth-order valence-electron chi connectivity index (χ4n) is 1.75. The van der Waals surface area contributed by atoms with Crippen molar-refractivity contribution in [3.63, 3.8) is 0 Å². The minimum absolute atomic E-state index is 0.696. The van der Waals surface area contributed by atoms with Crippen LogP contribution in [0.15, 0.2) is 15.2 Å². The summed E-state index contributed by atoms with van der Waals surface area (Å²) in [7, 11) is 4.18. The second-order valence-electron chi connectivity index (χ2n) is 4.12. The Morgan fingerprint density at radius 2 is 2.33 bits per heavy atom. The van der Waals surface area contributed by atoms with Crippen molar-refractivity contribution < 1.29 is 0 Å². The average Bonchev–Trinajstić information content (AvgIpc) is 2.51. The number of thiophene rings is 1. The van der Waals surface area contributed by atoms with Gasteiger partial charge < -0.3 is 10.2 Å². The Labute approximate surface area is 105 Å². The molecule has 1 N–H and O–H groups in total. The lowest BCUT2D eigenvalue weighted by molar-refractivity contribution is 0.276. The maximum Gasteiger partial charge on any atom is 0.0701 e. The maximum atomic E-state index is 3.49. The van der Waals surface area contributed by atoms with Crippen molar-refractivity contribution in [2.45, 2.75) is 13.5 Å². The van der Waals surface area contributed by atoms with Crippen LogP contribution in [0.1, 0.15) is 12.5 Å². The Bertz CT molecular complexity index is 288.